The zero-order chi connectivity index (χ0) is 16.4. The van der Waals surface area contributed by atoms with E-state index in [4.69, 9.17) is 10.2 Å². The first-order valence-electron chi connectivity index (χ1n) is 7.64. The van der Waals surface area contributed by atoms with Crippen molar-refractivity contribution in [1.82, 2.24) is 19.6 Å². The molecule has 0 aliphatic rings. The number of nitrogens with one attached hydrogen (secondary N) is 1. The molecule has 0 spiro atoms. The van der Waals surface area contributed by atoms with Crippen LogP contribution in [0.3, 0.4) is 0 Å². The number of benzene rings is 1. The number of hydrogen-bond acceptors (Lipinski definition) is 6. The van der Waals surface area contributed by atoms with E-state index in [9.17, 15) is 0 Å². The van der Waals surface area contributed by atoms with Crippen molar-refractivity contribution in [3.63, 3.8) is 0 Å². The normalized spacial score (nSPS) is 11.0. The highest BCUT2D eigenvalue weighted by Crippen LogP contribution is 2.19. The Balaban J connectivity index is 1.54. The predicted octanol–water partition coefficient (Wildman–Crippen LogP) is 2.62. The van der Waals surface area contributed by atoms with E-state index in [0.29, 0.717) is 29.0 Å². The molecule has 0 saturated heterocycles. The van der Waals surface area contributed by atoms with Gasteiger partial charge in [0, 0.05) is 12.6 Å². The molecule has 3 heterocycles. The summed E-state index contributed by atoms with van der Waals surface area (Å²) in [5, 5.41) is 7.59. The van der Waals surface area contributed by atoms with Crippen LogP contribution in [0.1, 0.15) is 5.56 Å². The SMILES string of the molecule is Nc1cc(NCCc2ccccc2)nc2nc(-c3ccco3)nn12. The van der Waals surface area contributed by atoms with Crippen LogP contribution in [0, 0.1) is 0 Å². The quantitative estimate of drug-likeness (QED) is 0.587. The van der Waals surface area contributed by atoms with Gasteiger partial charge in [-0.25, -0.2) is 0 Å². The summed E-state index contributed by atoms with van der Waals surface area (Å²) in [4.78, 5) is 8.82. The molecule has 4 aromatic rings. The third-order valence-corrected chi connectivity index (χ3v) is 3.64. The maximum Gasteiger partial charge on any atom is 0.256 e. The highest BCUT2D eigenvalue weighted by atomic mass is 16.3. The molecular formula is C17H16N6O. The summed E-state index contributed by atoms with van der Waals surface area (Å²) >= 11 is 0. The standard InChI is InChI=1S/C17H16N6O/c18-14-11-15(19-9-8-12-5-2-1-3-6-12)20-17-21-16(22-23(14)17)13-7-4-10-24-13/h1-7,10-11H,8-9,18H2,(H,19,20,21,22). The molecule has 0 aliphatic carbocycles. The number of nitrogens with zero attached hydrogens (tertiary/aromatic N) is 4. The van der Waals surface area contributed by atoms with Gasteiger partial charge in [-0.3, -0.25) is 0 Å². The van der Waals surface area contributed by atoms with E-state index in [1.165, 1.54) is 10.1 Å². The van der Waals surface area contributed by atoms with Crippen LogP contribution in [0.15, 0.2) is 59.2 Å². The minimum atomic E-state index is 0.434. The number of nitrogens with two attached hydrogens (primary N) is 1. The maximum absolute atomic E-state index is 6.06. The van der Waals surface area contributed by atoms with Gasteiger partial charge in [-0.15, -0.1) is 5.10 Å². The molecule has 0 amide bonds. The number of aromatic nitrogens is 4. The van der Waals surface area contributed by atoms with Gasteiger partial charge in [0.1, 0.15) is 11.6 Å². The Kier molecular flexibility index (Phi) is 3.59. The fourth-order valence-electron chi connectivity index (χ4n) is 2.47. The first kappa shape index (κ1) is 14.3. The van der Waals surface area contributed by atoms with Crippen LogP contribution in [0.2, 0.25) is 0 Å². The monoisotopic (exact) mass is 320 g/mol. The van der Waals surface area contributed by atoms with Gasteiger partial charge in [-0.2, -0.15) is 14.5 Å². The van der Waals surface area contributed by atoms with Gasteiger partial charge in [0.15, 0.2) is 5.76 Å². The fourth-order valence-corrected chi connectivity index (χ4v) is 2.47. The largest absolute Gasteiger partial charge is 0.461 e. The van der Waals surface area contributed by atoms with Crippen molar-refractivity contribution in [2.45, 2.75) is 6.42 Å². The molecular weight excluding hydrogens is 304 g/mol. The molecule has 1 aromatic carbocycles. The Morgan fingerprint density at radius 3 is 2.75 bits per heavy atom. The third kappa shape index (κ3) is 2.79. The van der Waals surface area contributed by atoms with E-state index in [1.54, 1.807) is 24.5 Å². The molecule has 0 unspecified atom stereocenters. The van der Waals surface area contributed by atoms with Crippen LogP contribution in [0.4, 0.5) is 11.6 Å². The van der Waals surface area contributed by atoms with Crippen LogP contribution in [-0.4, -0.2) is 26.1 Å². The average molecular weight is 320 g/mol. The van der Waals surface area contributed by atoms with Crippen molar-refractivity contribution in [2.75, 3.05) is 17.6 Å². The summed E-state index contributed by atoms with van der Waals surface area (Å²) in [5.74, 6) is 2.62. The minimum absolute atomic E-state index is 0.434. The first-order chi connectivity index (χ1) is 11.8. The van der Waals surface area contributed by atoms with Crippen molar-refractivity contribution >= 4 is 17.4 Å². The van der Waals surface area contributed by atoms with Crippen LogP contribution < -0.4 is 11.1 Å². The van der Waals surface area contributed by atoms with Gasteiger partial charge in [0.2, 0.25) is 5.82 Å². The van der Waals surface area contributed by atoms with Gasteiger partial charge in [-0.1, -0.05) is 30.3 Å². The Morgan fingerprint density at radius 1 is 1.08 bits per heavy atom. The number of fused-ring (bicyclic) bond motifs is 1. The minimum Gasteiger partial charge on any atom is -0.461 e. The molecule has 7 heteroatoms. The molecule has 120 valence electrons. The molecule has 0 radical (unpaired) electrons. The molecule has 0 bridgehead atoms. The van der Waals surface area contributed by atoms with Crippen LogP contribution in [0.5, 0.6) is 0 Å². The van der Waals surface area contributed by atoms with E-state index in [0.717, 1.165) is 13.0 Å². The van der Waals surface area contributed by atoms with Gasteiger partial charge < -0.3 is 15.5 Å². The van der Waals surface area contributed by atoms with E-state index < -0.39 is 0 Å². The number of rotatable bonds is 5. The second-order valence-corrected chi connectivity index (χ2v) is 5.35. The van der Waals surface area contributed by atoms with E-state index >= 15 is 0 Å². The zero-order valence-electron chi connectivity index (χ0n) is 12.9. The van der Waals surface area contributed by atoms with E-state index in [1.807, 2.05) is 18.2 Å². The number of nitrogen functional groups attached to an aromatic ring is 1. The molecule has 24 heavy (non-hydrogen) atoms. The Morgan fingerprint density at radius 2 is 1.96 bits per heavy atom. The lowest BCUT2D eigenvalue weighted by molar-refractivity contribution is 0.577. The van der Waals surface area contributed by atoms with E-state index in [2.05, 4.69) is 32.5 Å². The first-order valence-corrected chi connectivity index (χ1v) is 7.64. The summed E-state index contributed by atoms with van der Waals surface area (Å²) in [5.41, 5.74) is 7.32. The summed E-state index contributed by atoms with van der Waals surface area (Å²) in [7, 11) is 0. The second kappa shape index (κ2) is 6.04. The Hall–Kier alpha value is -3.35. The highest BCUT2D eigenvalue weighted by molar-refractivity contribution is 5.56. The Bertz CT molecular complexity index is 946. The lowest BCUT2D eigenvalue weighted by Crippen LogP contribution is -2.09. The second-order valence-electron chi connectivity index (χ2n) is 5.35. The van der Waals surface area contributed by atoms with Crippen LogP contribution in [0.25, 0.3) is 17.4 Å². The molecule has 0 atom stereocenters. The smallest absolute Gasteiger partial charge is 0.256 e. The fraction of sp³-hybridized carbons (Fsp3) is 0.118. The maximum atomic E-state index is 6.06. The summed E-state index contributed by atoms with van der Waals surface area (Å²) in [6.07, 6.45) is 2.48. The molecule has 0 fully saturated rings. The summed E-state index contributed by atoms with van der Waals surface area (Å²) < 4.78 is 6.81. The third-order valence-electron chi connectivity index (χ3n) is 3.64. The number of hydrogen-bond donors (Lipinski definition) is 2. The summed E-state index contributed by atoms with van der Waals surface area (Å²) in [6, 6.07) is 15.6. The van der Waals surface area contributed by atoms with Gasteiger partial charge in [0.05, 0.1) is 6.26 Å². The molecule has 3 N–H and O–H groups in total. The van der Waals surface area contributed by atoms with Crippen molar-refractivity contribution in [3.05, 3.63) is 60.4 Å². The Labute approximate surface area is 138 Å². The summed E-state index contributed by atoms with van der Waals surface area (Å²) in [6.45, 7) is 0.756. The molecule has 4 rings (SSSR count). The van der Waals surface area contributed by atoms with Crippen molar-refractivity contribution in [2.24, 2.45) is 0 Å². The average Bonchev–Trinajstić information content (AvgIpc) is 3.25. The van der Waals surface area contributed by atoms with Gasteiger partial charge >= 0.3 is 0 Å². The zero-order valence-corrected chi connectivity index (χ0v) is 12.9. The van der Waals surface area contributed by atoms with Crippen molar-refractivity contribution in [1.29, 1.82) is 0 Å². The van der Waals surface area contributed by atoms with Crippen molar-refractivity contribution in [3.8, 4) is 11.6 Å². The van der Waals surface area contributed by atoms with Gasteiger partial charge in [-0.05, 0) is 24.1 Å². The lowest BCUT2D eigenvalue weighted by atomic mass is 10.1. The molecule has 0 saturated carbocycles. The van der Waals surface area contributed by atoms with Crippen molar-refractivity contribution < 1.29 is 4.42 Å². The highest BCUT2D eigenvalue weighted by Gasteiger charge is 2.12. The van der Waals surface area contributed by atoms with E-state index in [-0.39, 0.29) is 0 Å². The lowest BCUT2D eigenvalue weighted by Gasteiger charge is -2.07. The molecule has 7 nitrogen and oxygen atoms in total. The predicted molar refractivity (Wildman–Crippen MR) is 91.5 cm³/mol. The molecule has 0 aliphatic heterocycles. The van der Waals surface area contributed by atoms with Crippen LogP contribution in [-0.2, 0) is 6.42 Å². The topological polar surface area (TPSA) is 94.3 Å². The number of anilines is 2. The number of furan rings is 1. The van der Waals surface area contributed by atoms with Crippen LogP contribution >= 0.6 is 0 Å². The van der Waals surface area contributed by atoms with Gasteiger partial charge in [0.25, 0.3) is 5.78 Å². The molecule has 3 aromatic heterocycles.